The van der Waals surface area contributed by atoms with Crippen LogP contribution in [0.15, 0.2) is 74.5 Å². The van der Waals surface area contributed by atoms with Gasteiger partial charge in [0.05, 0.1) is 17.7 Å². The third kappa shape index (κ3) is 3.78. The van der Waals surface area contributed by atoms with Crippen molar-refractivity contribution < 1.29 is 13.9 Å². The third-order valence-corrected chi connectivity index (χ3v) is 5.98. The van der Waals surface area contributed by atoms with Gasteiger partial charge in [-0.2, -0.15) is 0 Å². The molecule has 0 atom stereocenters. The second-order valence-corrected chi connectivity index (χ2v) is 8.52. The number of thioether (sulfide) groups is 1. The fraction of sp³-hybridized carbons (Fsp3) is 0.0476. The van der Waals surface area contributed by atoms with Crippen LogP contribution in [0.2, 0.25) is 0 Å². The maximum absolute atomic E-state index is 12.9. The number of hydrogen-bond acceptors (Lipinski definition) is 5. The number of thiocarbonyl (C=S) groups is 1. The zero-order chi connectivity index (χ0) is 19.7. The summed E-state index contributed by atoms with van der Waals surface area (Å²) in [6, 6.07) is 18.8. The number of anilines is 1. The van der Waals surface area contributed by atoms with Crippen molar-refractivity contribution in [1.82, 2.24) is 0 Å². The molecule has 0 saturated carbocycles. The first kappa shape index (κ1) is 19.0. The highest BCUT2D eigenvalue weighted by molar-refractivity contribution is 9.10. The van der Waals surface area contributed by atoms with Gasteiger partial charge >= 0.3 is 0 Å². The van der Waals surface area contributed by atoms with Crippen LogP contribution in [-0.4, -0.2) is 17.3 Å². The number of rotatable bonds is 4. The predicted molar refractivity (Wildman–Crippen MR) is 120 cm³/mol. The largest absolute Gasteiger partial charge is 0.497 e. The van der Waals surface area contributed by atoms with Crippen LogP contribution in [0.3, 0.4) is 0 Å². The third-order valence-electron chi connectivity index (χ3n) is 4.15. The Bertz CT molecular complexity index is 1070. The molecule has 2 heterocycles. The topological polar surface area (TPSA) is 42.7 Å². The van der Waals surface area contributed by atoms with Crippen LogP contribution in [0.25, 0.3) is 17.4 Å². The van der Waals surface area contributed by atoms with Gasteiger partial charge in [-0.3, -0.25) is 9.69 Å². The first-order valence-electron chi connectivity index (χ1n) is 8.33. The normalized spacial score (nSPS) is 15.5. The SMILES string of the molecule is COc1ccc(N2C(=O)/C(=C/c3ccc(-c4ccc(Br)cc4)o3)SC2=S)cc1. The van der Waals surface area contributed by atoms with E-state index in [2.05, 4.69) is 15.9 Å². The number of amides is 1. The lowest BCUT2D eigenvalue weighted by molar-refractivity contribution is -0.113. The lowest BCUT2D eigenvalue weighted by Crippen LogP contribution is -2.27. The molecule has 2 aromatic carbocycles. The van der Waals surface area contributed by atoms with Crippen LogP contribution in [-0.2, 0) is 4.79 Å². The Balaban J connectivity index is 1.58. The number of benzene rings is 2. The van der Waals surface area contributed by atoms with E-state index >= 15 is 0 Å². The Hall–Kier alpha value is -2.35. The lowest BCUT2D eigenvalue weighted by Gasteiger charge is -2.14. The van der Waals surface area contributed by atoms with Crippen molar-refractivity contribution in [2.75, 3.05) is 12.0 Å². The Labute approximate surface area is 180 Å². The molecule has 4 rings (SSSR count). The van der Waals surface area contributed by atoms with E-state index in [1.54, 1.807) is 25.3 Å². The van der Waals surface area contributed by atoms with E-state index in [0.29, 0.717) is 20.7 Å². The van der Waals surface area contributed by atoms with Gasteiger partial charge in [-0.05, 0) is 48.5 Å². The number of halogens is 1. The summed E-state index contributed by atoms with van der Waals surface area (Å²) in [6.07, 6.45) is 1.73. The Morgan fingerprint density at radius 1 is 1.07 bits per heavy atom. The minimum absolute atomic E-state index is 0.165. The summed E-state index contributed by atoms with van der Waals surface area (Å²) in [6.45, 7) is 0. The van der Waals surface area contributed by atoms with Crippen molar-refractivity contribution in [2.45, 2.75) is 0 Å². The first-order valence-corrected chi connectivity index (χ1v) is 10.3. The van der Waals surface area contributed by atoms with Gasteiger partial charge in [0.2, 0.25) is 0 Å². The molecule has 0 N–H and O–H groups in total. The van der Waals surface area contributed by atoms with Crippen molar-refractivity contribution in [3.05, 3.63) is 75.8 Å². The molecular formula is C21H14BrNO3S2. The summed E-state index contributed by atoms with van der Waals surface area (Å²) in [5, 5.41) is 0. The zero-order valence-corrected chi connectivity index (χ0v) is 17.9. The van der Waals surface area contributed by atoms with E-state index in [4.69, 9.17) is 21.4 Å². The molecule has 4 nitrogen and oxygen atoms in total. The highest BCUT2D eigenvalue weighted by atomic mass is 79.9. The molecule has 0 bridgehead atoms. The summed E-state index contributed by atoms with van der Waals surface area (Å²) < 4.78 is 12.5. The smallest absolute Gasteiger partial charge is 0.270 e. The van der Waals surface area contributed by atoms with Crippen molar-refractivity contribution in [2.24, 2.45) is 0 Å². The second kappa shape index (κ2) is 7.95. The lowest BCUT2D eigenvalue weighted by atomic mass is 10.2. The maximum Gasteiger partial charge on any atom is 0.270 e. The molecule has 3 aromatic rings. The standard InChI is InChI=1S/C21H14BrNO3S2/c1-25-16-8-6-15(7-9-16)23-20(24)19(28-21(23)27)12-17-10-11-18(26-17)13-2-4-14(22)5-3-13/h2-12H,1H3/b19-12-. The predicted octanol–water partition coefficient (Wildman–Crippen LogP) is 6.12. The highest BCUT2D eigenvalue weighted by Crippen LogP contribution is 2.37. The summed E-state index contributed by atoms with van der Waals surface area (Å²) in [7, 11) is 1.60. The van der Waals surface area contributed by atoms with Crippen LogP contribution in [0.1, 0.15) is 5.76 Å². The van der Waals surface area contributed by atoms with E-state index in [0.717, 1.165) is 21.5 Å². The van der Waals surface area contributed by atoms with E-state index in [9.17, 15) is 4.79 Å². The van der Waals surface area contributed by atoms with E-state index in [1.165, 1.54) is 16.7 Å². The number of carbonyl (C=O) groups is 1. The van der Waals surface area contributed by atoms with Gasteiger partial charge in [-0.1, -0.05) is 52.0 Å². The van der Waals surface area contributed by atoms with Crippen molar-refractivity contribution >= 4 is 61.9 Å². The molecule has 7 heteroatoms. The molecule has 140 valence electrons. The molecule has 1 aliphatic rings. The van der Waals surface area contributed by atoms with Crippen molar-refractivity contribution in [1.29, 1.82) is 0 Å². The van der Waals surface area contributed by atoms with Gasteiger partial charge in [-0.25, -0.2) is 0 Å². The minimum atomic E-state index is -0.165. The molecule has 1 saturated heterocycles. The van der Waals surface area contributed by atoms with Crippen LogP contribution in [0, 0.1) is 0 Å². The molecule has 1 fully saturated rings. The number of nitrogens with zero attached hydrogens (tertiary/aromatic N) is 1. The molecule has 0 radical (unpaired) electrons. The van der Waals surface area contributed by atoms with Gasteiger partial charge in [0.25, 0.3) is 5.91 Å². The van der Waals surface area contributed by atoms with Gasteiger partial charge in [0.15, 0.2) is 4.32 Å². The van der Waals surface area contributed by atoms with Crippen molar-refractivity contribution in [3.63, 3.8) is 0 Å². The molecule has 0 unspecified atom stereocenters. The average Bonchev–Trinajstić information content (AvgIpc) is 3.27. The first-order chi connectivity index (χ1) is 13.5. The molecule has 1 amide bonds. The van der Waals surface area contributed by atoms with E-state index in [1.807, 2.05) is 48.5 Å². The van der Waals surface area contributed by atoms with Crippen LogP contribution in [0.4, 0.5) is 5.69 Å². The monoisotopic (exact) mass is 471 g/mol. The molecule has 28 heavy (non-hydrogen) atoms. The Morgan fingerprint density at radius 3 is 2.46 bits per heavy atom. The van der Waals surface area contributed by atoms with Gasteiger partial charge in [0, 0.05) is 16.1 Å². The maximum atomic E-state index is 12.9. The van der Waals surface area contributed by atoms with Gasteiger partial charge in [0.1, 0.15) is 17.3 Å². The number of ether oxygens (including phenoxy) is 1. The summed E-state index contributed by atoms with van der Waals surface area (Å²) in [5.41, 5.74) is 1.68. The fourth-order valence-electron chi connectivity index (χ4n) is 2.75. The fourth-order valence-corrected chi connectivity index (χ4v) is 4.29. The molecule has 0 spiro atoms. The quantitative estimate of drug-likeness (QED) is 0.338. The highest BCUT2D eigenvalue weighted by Gasteiger charge is 2.33. The zero-order valence-electron chi connectivity index (χ0n) is 14.7. The van der Waals surface area contributed by atoms with Crippen molar-refractivity contribution in [3.8, 4) is 17.1 Å². The number of furan rings is 1. The minimum Gasteiger partial charge on any atom is -0.497 e. The van der Waals surface area contributed by atoms with Crippen LogP contribution < -0.4 is 9.64 Å². The Morgan fingerprint density at radius 2 is 1.79 bits per heavy atom. The number of hydrogen-bond donors (Lipinski definition) is 0. The molecule has 1 aliphatic heterocycles. The molecule has 1 aromatic heterocycles. The van der Waals surface area contributed by atoms with E-state index < -0.39 is 0 Å². The van der Waals surface area contributed by atoms with E-state index in [-0.39, 0.29) is 5.91 Å². The van der Waals surface area contributed by atoms with Gasteiger partial charge < -0.3 is 9.15 Å². The number of methoxy groups -OCH3 is 1. The van der Waals surface area contributed by atoms with Crippen LogP contribution in [0.5, 0.6) is 5.75 Å². The Kier molecular flexibility index (Phi) is 5.39. The van der Waals surface area contributed by atoms with Gasteiger partial charge in [-0.15, -0.1) is 0 Å². The summed E-state index contributed by atoms with van der Waals surface area (Å²) in [5.74, 6) is 1.90. The molecular weight excluding hydrogens is 458 g/mol. The summed E-state index contributed by atoms with van der Waals surface area (Å²) in [4.78, 5) is 14.9. The number of carbonyl (C=O) groups excluding carboxylic acids is 1. The second-order valence-electron chi connectivity index (χ2n) is 5.92. The average molecular weight is 472 g/mol. The van der Waals surface area contributed by atoms with Crippen LogP contribution >= 0.6 is 39.9 Å². The summed E-state index contributed by atoms with van der Waals surface area (Å²) >= 11 is 10.1. The molecule has 0 aliphatic carbocycles.